The predicted octanol–water partition coefficient (Wildman–Crippen LogP) is 1.64. The number of alkyl halides is 1. The number of rotatable bonds is 3. The second kappa shape index (κ2) is 6.00. The van der Waals surface area contributed by atoms with Crippen LogP contribution >= 0.6 is 23.2 Å². The SMILES string of the molecule is O=S1(=O)CCN(S(=O)(=O)c2cc(F)c(Cl)c(CCl)c2)CC1. The quantitative estimate of drug-likeness (QED) is 0.752. The molecule has 0 saturated carbocycles. The maximum absolute atomic E-state index is 13.7. The van der Waals surface area contributed by atoms with Crippen LogP contribution in [0.5, 0.6) is 0 Å². The van der Waals surface area contributed by atoms with Gasteiger partial charge in [0.05, 0.1) is 21.4 Å². The van der Waals surface area contributed by atoms with E-state index in [1.807, 2.05) is 0 Å². The van der Waals surface area contributed by atoms with Crippen LogP contribution < -0.4 is 0 Å². The van der Waals surface area contributed by atoms with E-state index < -0.39 is 25.7 Å². The molecule has 1 fully saturated rings. The van der Waals surface area contributed by atoms with Crippen LogP contribution in [-0.4, -0.2) is 45.7 Å². The Bertz CT molecular complexity index is 751. The Kier molecular flexibility index (Phi) is 4.84. The van der Waals surface area contributed by atoms with Gasteiger partial charge >= 0.3 is 0 Å². The van der Waals surface area contributed by atoms with Gasteiger partial charge in [-0.15, -0.1) is 11.6 Å². The topological polar surface area (TPSA) is 71.5 Å². The molecule has 10 heteroatoms. The Morgan fingerprint density at radius 1 is 1.24 bits per heavy atom. The van der Waals surface area contributed by atoms with E-state index >= 15 is 0 Å². The molecule has 0 atom stereocenters. The van der Waals surface area contributed by atoms with Crippen molar-refractivity contribution in [1.29, 1.82) is 0 Å². The van der Waals surface area contributed by atoms with Crippen molar-refractivity contribution in [2.45, 2.75) is 10.8 Å². The summed E-state index contributed by atoms with van der Waals surface area (Å²) in [7, 11) is -7.18. The number of sulfone groups is 1. The van der Waals surface area contributed by atoms with Crippen LogP contribution in [0.4, 0.5) is 4.39 Å². The molecular formula is C11H12Cl2FNO4S2. The molecule has 1 aliphatic rings. The second-order valence-corrected chi connectivity index (χ2v) is 9.45. The summed E-state index contributed by atoms with van der Waals surface area (Å²) in [5.74, 6) is -1.50. The van der Waals surface area contributed by atoms with Crippen molar-refractivity contribution < 1.29 is 21.2 Å². The summed E-state index contributed by atoms with van der Waals surface area (Å²) < 4.78 is 62.2. The average molecular weight is 376 g/mol. The van der Waals surface area contributed by atoms with E-state index in [4.69, 9.17) is 23.2 Å². The first-order valence-corrected chi connectivity index (χ1v) is 10.1. The lowest BCUT2D eigenvalue weighted by Gasteiger charge is -2.26. The number of sulfonamides is 1. The van der Waals surface area contributed by atoms with Crippen molar-refractivity contribution in [3.05, 3.63) is 28.5 Å². The van der Waals surface area contributed by atoms with Crippen LogP contribution in [0.25, 0.3) is 0 Å². The highest BCUT2D eigenvalue weighted by Gasteiger charge is 2.32. The Morgan fingerprint density at radius 2 is 1.81 bits per heavy atom. The summed E-state index contributed by atoms with van der Waals surface area (Å²) in [6.45, 7) is -0.295. The summed E-state index contributed by atoms with van der Waals surface area (Å²) in [6, 6.07) is 2.02. The van der Waals surface area contributed by atoms with Gasteiger partial charge in [-0.3, -0.25) is 0 Å². The molecule has 1 aliphatic heterocycles. The van der Waals surface area contributed by atoms with E-state index in [-0.39, 0.29) is 46.0 Å². The molecule has 0 aliphatic carbocycles. The minimum atomic E-state index is -3.97. The van der Waals surface area contributed by atoms with E-state index in [1.54, 1.807) is 0 Å². The lowest BCUT2D eigenvalue weighted by molar-refractivity contribution is 0.430. The smallest absolute Gasteiger partial charge is 0.229 e. The first-order valence-electron chi connectivity index (χ1n) is 5.92. The summed E-state index contributed by atoms with van der Waals surface area (Å²) in [6.07, 6.45) is 0. The fourth-order valence-electron chi connectivity index (χ4n) is 1.95. The van der Waals surface area contributed by atoms with E-state index in [9.17, 15) is 21.2 Å². The normalized spacial score (nSPS) is 19.6. The molecule has 0 bridgehead atoms. The van der Waals surface area contributed by atoms with Gasteiger partial charge in [-0.1, -0.05) is 11.6 Å². The van der Waals surface area contributed by atoms with Crippen LogP contribution in [0.3, 0.4) is 0 Å². The molecule has 1 aromatic rings. The maximum Gasteiger partial charge on any atom is 0.243 e. The molecule has 21 heavy (non-hydrogen) atoms. The van der Waals surface area contributed by atoms with Gasteiger partial charge in [0, 0.05) is 19.0 Å². The van der Waals surface area contributed by atoms with Crippen LogP contribution in [0, 0.1) is 5.82 Å². The van der Waals surface area contributed by atoms with Gasteiger partial charge in [-0.05, 0) is 17.7 Å². The second-order valence-electron chi connectivity index (χ2n) is 4.57. The third kappa shape index (κ3) is 3.50. The Morgan fingerprint density at radius 3 is 2.33 bits per heavy atom. The molecule has 0 N–H and O–H groups in total. The molecule has 0 amide bonds. The van der Waals surface area contributed by atoms with E-state index in [0.29, 0.717) is 0 Å². The Labute approximate surface area is 132 Å². The molecule has 0 aromatic heterocycles. The van der Waals surface area contributed by atoms with Gasteiger partial charge in [0.2, 0.25) is 10.0 Å². The minimum absolute atomic E-state index is 0.131. The van der Waals surface area contributed by atoms with Crippen molar-refractivity contribution in [3.8, 4) is 0 Å². The molecule has 1 saturated heterocycles. The van der Waals surface area contributed by atoms with Crippen LogP contribution in [0.2, 0.25) is 5.02 Å². The fraction of sp³-hybridized carbons (Fsp3) is 0.455. The molecule has 1 heterocycles. The monoisotopic (exact) mass is 375 g/mol. The van der Waals surface area contributed by atoms with Crippen molar-refractivity contribution in [3.63, 3.8) is 0 Å². The zero-order chi connectivity index (χ0) is 15.8. The zero-order valence-electron chi connectivity index (χ0n) is 10.7. The largest absolute Gasteiger partial charge is 0.243 e. The molecule has 2 rings (SSSR count). The van der Waals surface area contributed by atoms with E-state index in [1.165, 1.54) is 6.07 Å². The number of nitrogens with zero attached hydrogens (tertiary/aromatic N) is 1. The third-order valence-corrected chi connectivity index (χ3v) is 7.36. The molecule has 5 nitrogen and oxygen atoms in total. The highest BCUT2D eigenvalue weighted by atomic mass is 35.5. The highest BCUT2D eigenvalue weighted by molar-refractivity contribution is 7.92. The molecule has 1 aromatic carbocycles. The lowest BCUT2D eigenvalue weighted by Crippen LogP contribution is -2.43. The van der Waals surface area contributed by atoms with Crippen molar-refractivity contribution >= 4 is 43.1 Å². The number of hydrogen-bond acceptors (Lipinski definition) is 4. The van der Waals surface area contributed by atoms with Crippen molar-refractivity contribution in [1.82, 2.24) is 4.31 Å². The zero-order valence-corrected chi connectivity index (χ0v) is 13.9. The minimum Gasteiger partial charge on any atom is -0.229 e. The summed E-state index contributed by atoms with van der Waals surface area (Å²) in [5, 5.41) is -0.217. The maximum atomic E-state index is 13.7. The van der Waals surface area contributed by atoms with Crippen LogP contribution in [-0.2, 0) is 25.7 Å². The third-order valence-electron chi connectivity index (χ3n) is 3.16. The Balaban J connectivity index is 2.39. The van der Waals surface area contributed by atoms with Gasteiger partial charge in [-0.25, -0.2) is 21.2 Å². The Hall–Kier alpha value is -0.410. The summed E-state index contributed by atoms with van der Waals surface area (Å²) in [5.41, 5.74) is 0.168. The predicted molar refractivity (Wildman–Crippen MR) is 78.4 cm³/mol. The molecule has 0 spiro atoms. The van der Waals surface area contributed by atoms with Gasteiger partial charge in [-0.2, -0.15) is 4.31 Å². The van der Waals surface area contributed by atoms with Gasteiger partial charge in [0.25, 0.3) is 0 Å². The van der Waals surface area contributed by atoms with Crippen molar-refractivity contribution in [2.75, 3.05) is 24.6 Å². The fourth-order valence-corrected chi connectivity index (χ4v) is 5.34. The van der Waals surface area contributed by atoms with Crippen molar-refractivity contribution in [2.24, 2.45) is 0 Å². The first-order chi connectivity index (χ1) is 9.67. The van der Waals surface area contributed by atoms with Crippen LogP contribution in [0.1, 0.15) is 5.56 Å². The highest BCUT2D eigenvalue weighted by Crippen LogP contribution is 2.27. The first kappa shape index (κ1) is 17.0. The molecular weight excluding hydrogens is 364 g/mol. The van der Waals surface area contributed by atoms with Gasteiger partial charge < -0.3 is 0 Å². The standard InChI is InChI=1S/C11H12Cl2FNO4S2/c12-7-8-5-9(6-10(14)11(8)13)21(18,19)15-1-3-20(16,17)4-2-15/h5-6H,1-4,7H2. The lowest BCUT2D eigenvalue weighted by atomic mass is 10.2. The van der Waals surface area contributed by atoms with Crippen LogP contribution in [0.15, 0.2) is 17.0 Å². The van der Waals surface area contributed by atoms with Gasteiger partial charge in [0.15, 0.2) is 9.84 Å². The summed E-state index contributed by atoms with van der Waals surface area (Å²) >= 11 is 11.3. The number of hydrogen-bond donors (Lipinski definition) is 0. The molecule has 0 unspecified atom stereocenters. The van der Waals surface area contributed by atoms with Gasteiger partial charge in [0.1, 0.15) is 5.82 Å². The van der Waals surface area contributed by atoms with E-state index in [0.717, 1.165) is 10.4 Å². The number of benzene rings is 1. The molecule has 118 valence electrons. The number of halogens is 3. The molecule has 0 radical (unpaired) electrons. The summed E-state index contributed by atoms with van der Waals surface area (Å²) in [4.78, 5) is -0.278. The van der Waals surface area contributed by atoms with E-state index in [2.05, 4.69) is 0 Å². The average Bonchev–Trinajstić information content (AvgIpc) is 2.41.